The van der Waals surface area contributed by atoms with Gasteiger partial charge in [0.15, 0.2) is 0 Å². The van der Waals surface area contributed by atoms with E-state index in [-0.39, 0.29) is 18.8 Å². The largest absolute Gasteiger partial charge is 0.390 e. The van der Waals surface area contributed by atoms with E-state index in [9.17, 15) is 15.0 Å². The molecule has 8 aliphatic carbocycles. The van der Waals surface area contributed by atoms with Crippen molar-refractivity contribution in [3.8, 4) is 24.2 Å². The third-order valence-corrected chi connectivity index (χ3v) is 21.6. The van der Waals surface area contributed by atoms with Crippen molar-refractivity contribution in [2.75, 3.05) is 11.1 Å². The summed E-state index contributed by atoms with van der Waals surface area (Å²) in [5.41, 5.74) is 8.32. The molecule has 11 rings (SSSR count). The summed E-state index contributed by atoms with van der Waals surface area (Å²) < 4.78 is 2.21. The molecule has 0 amide bonds. The molecule has 8 aliphatic rings. The zero-order valence-electron chi connectivity index (χ0n) is 42.1. The highest BCUT2D eigenvalue weighted by Crippen LogP contribution is 2.70. The lowest BCUT2D eigenvalue weighted by Crippen LogP contribution is -2.55. The summed E-state index contributed by atoms with van der Waals surface area (Å²) in [7, 11) is 0. The van der Waals surface area contributed by atoms with Crippen molar-refractivity contribution in [3.05, 3.63) is 60.7 Å². The van der Waals surface area contributed by atoms with Gasteiger partial charge >= 0.3 is 0 Å². The molecule has 0 saturated heterocycles. The number of alkyl halides is 1. The molecule has 0 unspecified atom stereocenters. The molecule has 0 aliphatic heterocycles. The Balaban J connectivity index is 0.000000162. The number of rotatable bonds is 3. The van der Waals surface area contributed by atoms with Crippen LogP contribution in [0.1, 0.15) is 183 Å². The lowest BCUT2D eigenvalue weighted by molar-refractivity contribution is -0.150. The number of nitrogen functional groups attached to an aromatic ring is 1. The Bertz CT molecular complexity index is 2270. The van der Waals surface area contributed by atoms with Gasteiger partial charge in [-0.15, -0.1) is 6.42 Å². The van der Waals surface area contributed by atoms with Crippen LogP contribution in [0, 0.1) is 99.1 Å². The van der Waals surface area contributed by atoms with Gasteiger partial charge in [-0.3, -0.25) is 4.79 Å². The standard InChI is InChI=1S/C27H38N2O.C22H35BrO2.C5H6N2.C5H4.CH4/c1-25(30)13-14-26(2)18(16-25)7-8-19-20-9-10-22(27(20,3)12-11-21(19)26)23-17-29-15-5-4-6-24(29)28-23;1-20(25)10-11-21(2)14(12-20)4-5-15-16-6-7-18(19(24)13-23)22(16,3)9-8-17(15)21;6-5-3-1-2-4-7-5;1-3-5-4-2;/h4-6,15,17-22,30H,7-14,16H2,1-3H3;14-18,25H,4-13H2,1-3H3;1-4H,(H2,6,7);1H,2H3;1H4/t18-,19+,20+,21+,22-,25-,26+,27+;14-,15+,16+,17+,18-,20-,21+,22+;;;/m11.../s1. The first kappa shape index (κ1) is 52.6. The lowest BCUT2D eigenvalue weighted by atomic mass is 9.44. The highest BCUT2D eigenvalue weighted by Gasteiger charge is 2.63. The molecule has 7 nitrogen and oxygen atoms in total. The fraction of sp³-hybridized carbons (Fsp3) is 0.717. The number of halogens is 1. The summed E-state index contributed by atoms with van der Waals surface area (Å²) >= 11 is 3.43. The molecule has 0 aromatic carbocycles. The molecule has 0 bridgehead atoms. The van der Waals surface area contributed by atoms with Crippen LogP contribution in [0.4, 0.5) is 5.82 Å². The van der Waals surface area contributed by atoms with Crippen LogP contribution < -0.4 is 5.73 Å². The fourth-order valence-corrected chi connectivity index (χ4v) is 17.9. The van der Waals surface area contributed by atoms with Crippen LogP contribution in [0.2, 0.25) is 0 Å². The van der Waals surface area contributed by atoms with E-state index >= 15 is 0 Å². The highest BCUT2D eigenvalue weighted by atomic mass is 79.9. The normalized spacial score (nSPS) is 42.7. The first-order valence-electron chi connectivity index (χ1n) is 26.3. The Morgan fingerprint density at radius 3 is 1.79 bits per heavy atom. The molecule has 8 fully saturated rings. The van der Waals surface area contributed by atoms with Crippen molar-refractivity contribution < 1.29 is 15.0 Å². The Morgan fingerprint density at radius 1 is 0.735 bits per heavy atom. The number of aromatic nitrogens is 3. The fourth-order valence-electron chi connectivity index (χ4n) is 17.5. The first-order valence-corrected chi connectivity index (χ1v) is 27.5. The van der Waals surface area contributed by atoms with Crippen molar-refractivity contribution in [1.82, 2.24) is 14.4 Å². The van der Waals surface area contributed by atoms with Gasteiger partial charge in [-0.2, -0.15) is 0 Å². The molecule has 0 spiro atoms. The Morgan fingerprint density at radius 2 is 1.29 bits per heavy atom. The second-order valence-corrected chi connectivity index (χ2v) is 25.1. The van der Waals surface area contributed by atoms with Crippen molar-refractivity contribution in [1.29, 1.82) is 0 Å². The quantitative estimate of drug-likeness (QED) is 0.178. The molecular formula is C60H87BrN4O3. The number of ketones is 1. The smallest absolute Gasteiger partial charge is 0.147 e. The van der Waals surface area contributed by atoms with Gasteiger partial charge < -0.3 is 20.3 Å². The summed E-state index contributed by atoms with van der Waals surface area (Å²) in [6, 6.07) is 11.8. The van der Waals surface area contributed by atoms with Gasteiger partial charge in [0.2, 0.25) is 0 Å². The topological polar surface area (TPSA) is 114 Å². The van der Waals surface area contributed by atoms with Crippen LogP contribution in [0.5, 0.6) is 0 Å². The number of hydrogen-bond donors (Lipinski definition) is 3. The predicted octanol–water partition coefficient (Wildman–Crippen LogP) is 13.5. The number of fused-ring (bicyclic) bond motifs is 11. The van der Waals surface area contributed by atoms with Gasteiger partial charge in [0.1, 0.15) is 17.2 Å². The average molecular weight is 992 g/mol. The number of imidazole rings is 1. The Hall–Kier alpha value is -3.17. The summed E-state index contributed by atoms with van der Waals surface area (Å²) in [4.78, 5) is 21.3. The van der Waals surface area contributed by atoms with Crippen LogP contribution in [-0.4, -0.2) is 46.9 Å². The minimum atomic E-state index is -0.444. The minimum absolute atomic E-state index is 0. The van der Waals surface area contributed by atoms with E-state index in [1.807, 2.05) is 19.1 Å². The SMILES string of the molecule is C.C#CC#CC.C[C@@]1(O)CC[C@@]2(C)[C@H](CC[C@@H]3[C@@H]2CC[C@]2(C)[C@@H](C(=O)CBr)CC[C@@H]32)C1.C[C@@]1(O)CC[C@@]2(C)[C@H](CC[C@@H]3[C@@H]2CC[C@]2(C)[C@@H](c4cn5ccccc5n4)CC[C@@H]32)C1.Nc1ccccn1. The number of carbonyl (C=O) groups is 1. The third kappa shape index (κ3) is 9.89. The summed E-state index contributed by atoms with van der Waals surface area (Å²) in [6.07, 6.45) is 32.9. The van der Waals surface area contributed by atoms with E-state index in [4.69, 9.17) is 17.1 Å². The van der Waals surface area contributed by atoms with Gasteiger partial charge in [0.05, 0.1) is 22.2 Å². The van der Waals surface area contributed by atoms with Crippen LogP contribution in [0.15, 0.2) is 55.0 Å². The maximum atomic E-state index is 12.5. The van der Waals surface area contributed by atoms with Crippen LogP contribution in [0.3, 0.4) is 0 Å². The number of carbonyl (C=O) groups excluding carboxylic acids is 1. The Labute approximate surface area is 419 Å². The van der Waals surface area contributed by atoms with E-state index < -0.39 is 11.2 Å². The number of hydrogen-bond acceptors (Lipinski definition) is 6. The zero-order valence-corrected chi connectivity index (χ0v) is 43.7. The number of nitrogens with two attached hydrogens (primary N) is 1. The van der Waals surface area contributed by atoms with Crippen LogP contribution in [-0.2, 0) is 4.79 Å². The molecule has 4 N–H and O–H groups in total. The summed E-state index contributed by atoms with van der Waals surface area (Å²) in [6.45, 7) is 16.0. The van der Waals surface area contributed by atoms with Gasteiger partial charge in [-0.1, -0.05) is 69.1 Å². The number of anilines is 1. The maximum absolute atomic E-state index is 12.5. The number of aliphatic hydroxyl groups is 2. The minimum Gasteiger partial charge on any atom is -0.390 e. The van der Waals surface area contributed by atoms with E-state index in [1.165, 1.54) is 89.2 Å². The number of terminal acetylenes is 1. The van der Waals surface area contributed by atoms with E-state index in [0.717, 1.165) is 79.2 Å². The molecule has 8 heteroatoms. The van der Waals surface area contributed by atoms with Gasteiger partial charge in [0.25, 0.3) is 0 Å². The van der Waals surface area contributed by atoms with Gasteiger partial charge in [0, 0.05) is 30.4 Å². The second kappa shape index (κ2) is 20.5. The summed E-state index contributed by atoms with van der Waals surface area (Å²) in [5, 5.41) is 21.9. The zero-order chi connectivity index (χ0) is 48.0. The lowest BCUT2D eigenvalue weighted by Gasteiger charge is -2.61. The van der Waals surface area contributed by atoms with Crippen LogP contribution >= 0.6 is 15.9 Å². The predicted molar refractivity (Wildman–Crippen MR) is 283 cm³/mol. The van der Waals surface area contributed by atoms with E-state index in [2.05, 4.69) is 108 Å². The van der Waals surface area contributed by atoms with Gasteiger partial charge in [-0.05, 0) is 241 Å². The van der Waals surface area contributed by atoms with Crippen molar-refractivity contribution >= 4 is 33.2 Å². The first-order chi connectivity index (χ1) is 31.8. The molecular weight excluding hydrogens is 905 g/mol. The van der Waals surface area contributed by atoms with Crippen molar-refractivity contribution in [3.63, 3.8) is 0 Å². The average Bonchev–Trinajstić information content (AvgIpc) is 4.00. The summed E-state index contributed by atoms with van der Waals surface area (Å²) in [5.74, 6) is 15.4. The third-order valence-electron chi connectivity index (χ3n) is 21.1. The van der Waals surface area contributed by atoms with Gasteiger partial charge in [-0.25, -0.2) is 9.97 Å². The monoisotopic (exact) mass is 991 g/mol. The molecule has 3 heterocycles. The molecule has 68 heavy (non-hydrogen) atoms. The molecule has 372 valence electrons. The molecule has 16 atom stereocenters. The highest BCUT2D eigenvalue weighted by molar-refractivity contribution is 9.09. The molecule has 0 radical (unpaired) electrons. The molecule has 3 aromatic heterocycles. The van der Waals surface area contributed by atoms with Crippen LogP contribution in [0.25, 0.3) is 5.65 Å². The van der Waals surface area contributed by atoms with Crippen molar-refractivity contribution in [2.45, 2.75) is 189 Å². The molecule has 8 saturated carbocycles. The number of Topliss-reactive ketones (excluding diaryl/α,β-unsaturated/α-hetero) is 1. The maximum Gasteiger partial charge on any atom is 0.147 e. The van der Waals surface area contributed by atoms with E-state index in [1.54, 1.807) is 19.2 Å². The van der Waals surface area contributed by atoms with E-state index in [0.29, 0.717) is 45.0 Å². The second-order valence-electron chi connectivity index (χ2n) is 24.6. The number of pyridine rings is 2. The molecule has 3 aromatic rings. The Kier molecular flexibility index (Phi) is 15.9. The van der Waals surface area contributed by atoms with Crippen molar-refractivity contribution in [2.24, 2.45) is 74.9 Å². The number of nitrogens with zero attached hydrogens (tertiary/aromatic N) is 3.